The van der Waals surface area contributed by atoms with Crippen molar-refractivity contribution in [2.45, 2.75) is 38.6 Å². The molecule has 0 N–H and O–H groups in total. The van der Waals surface area contributed by atoms with Crippen molar-refractivity contribution in [1.29, 1.82) is 0 Å². The van der Waals surface area contributed by atoms with E-state index in [1.165, 1.54) is 16.1 Å². The topological polar surface area (TPSA) is 63.7 Å². The summed E-state index contributed by atoms with van der Waals surface area (Å²) in [6.45, 7) is 1.66. The first-order valence-electron chi connectivity index (χ1n) is 9.36. The predicted molar refractivity (Wildman–Crippen MR) is 109 cm³/mol. The van der Waals surface area contributed by atoms with E-state index in [9.17, 15) is 13.2 Å². The molecular formula is C22H25NO4S. The van der Waals surface area contributed by atoms with Gasteiger partial charge in [-0.2, -0.15) is 0 Å². The molecule has 0 aliphatic carbocycles. The van der Waals surface area contributed by atoms with Crippen molar-refractivity contribution in [2.75, 3.05) is 6.26 Å². The van der Waals surface area contributed by atoms with Crippen molar-refractivity contribution < 1.29 is 17.9 Å². The molecule has 5 nitrogen and oxygen atoms in total. The first-order chi connectivity index (χ1) is 13.4. The van der Waals surface area contributed by atoms with Gasteiger partial charge in [-0.3, -0.25) is 4.31 Å². The van der Waals surface area contributed by atoms with E-state index >= 15 is 0 Å². The number of benzene rings is 2. The maximum absolute atomic E-state index is 12.5. The second-order valence-corrected chi connectivity index (χ2v) is 8.89. The lowest BCUT2D eigenvalue weighted by Gasteiger charge is -2.26. The monoisotopic (exact) mass is 399 g/mol. The molecule has 0 spiro atoms. The summed E-state index contributed by atoms with van der Waals surface area (Å²) in [7, 11) is -3.47. The van der Waals surface area contributed by atoms with Crippen LogP contribution in [-0.4, -0.2) is 31.0 Å². The van der Waals surface area contributed by atoms with E-state index in [0.717, 1.165) is 19.3 Å². The SMILES string of the molecule is C/C(OC(=O)c1ccccc1)=C1\CCC(CCc2ccccc2)N1S(C)(=O)=O. The third-order valence-electron chi connectivity index (χ3n) is 4.94. The van der Waals surface area contributed by atoms with E-state index in [1.54, 1.807) is 31.2 Å². The van der Waals surface area contributed by atoms with Crippen LogP contribution in [0.15, 0.2) is 72.1 Å². The molecule has 1 aliphatic heterocycles. The van der Waals surface area contributed by atoms with Gasteiger partial charge in [0.15, 0.2) is 0 Å². The molecule has 6 heteroatoms. The Labute approximate surface area is 166 Å². The molecular weight excluding hydrogens is 374 g/mol. The zero-order valence-electron chi connectivity index (χ0n) is 16.2. The van der Waals surface area contributed by atoms with Crippen LogP contribution in [0.1, 0.15) is 42.1 Å². The summed E-state index contributed by atoms with van der Waals surface area (Å²) in [5.74, 6) is -0.131. The third kappa shape index (κ3) is 4.81. The molecule has 1 unspecified atom stereocenters. The van der Waals surface area contributed by atoms with Crippen molar-refractivity contribution in [1.82, 2.24) is 4.31 Å². The maximum atomic E-state index is 12.5. The summed E-state index contributed by atoms with van der Waals surface area (Å²) in [6.07, 6.45) is 4.02. The molecule has 1 atom stereocenters. The van der Waals surface area contributed by atoms with Gasteiger partial charge in [0.1, 0.15) is 5.76 Å². The first-order valence-corrected chi connectivity index (χ1v) is 11.2. The Morgan fingerprint density at radius 2 is 1.68 bits per heavy atom. The number of esters is 1. The van der Waals surface area contributed by atoms with Crippen LogP contribution in [0, 0.1) is 0 Å². The van der Waals surface area contributed by atoms with Gasteiger partial charge in [-0.25, -0.2) is 13.2 Å². The lowest BCUT2D eigenvalue weighted by atomic mass is 10.0. The van der Waals surface area contributed by atoms with E-state index in [2.05, 4.69) is 0 Å². The minimum atomic E-state index is -3.47. The molecule has 2 aromatic carbocycles. The van der Waals surface area contributed by atoms with E-state index < -0.39 is 16.0 Å². The summed E-state index contributed by atoms with van der Waals surface area (Å²) in [5, 5.41) is 0. The smallest absolute Gasteiger partial charge is 0.343 e. The van der Waals surface area contributed by atoms with Crippen LogP contribution in [0.3, 0.4) is 0 Å². The summed E-state index contributed by atoms with van der Waals surface area (Å²) >= 11 is 0. The van der Waals surface area contributed by atoms with E-state index in [-0.39, 0.29) is 6.04 Å². The van der Waals surface area contributed by atoms with Gasteiger partial charge in [0.05, 0.1) is 17.5 Å². The van der Waals surface area contributed by atoms with Gasteiger partial charge < -0.3 is 4.74 Å². The van der Waals surface area contributed by atoms with Crippen molar-refractivity contribution in [2.24, 2.45) is 0 Å². The summed E-state index contributed by atoms with van der Waals surface area (Å²) in [5.41, 5.74) is 2.19. The van der Waals surface area contributed by atoms with Crippen LogP contribution in [0.4, 0.5) is 0 Å². The fraction of sp³-hybridized carbons (Fsp3) is 0.318. The lowest BCUT2D eigenvalue weighted by molar-refractivity contribution is 0.0617. The minimum absolute atomic E-state index is 0.129. The average Bonchev–Trinajstić information content (AvgIpc) is 3.12. The van der Waals surface area contributed by atoms with Crippen molar-refractivity contribution in [3.63, 3.8) is 0 Å². The fourth-order valence-corrected chi connectivity index (χ4v) is 5.00. The number of ether oxygens (including phenoxy) is 1. The lowest BCUT2D eigenvalue weighted by Crippen LogP contribution is -2.34. The Hall–Kier alpha value is -2.60. The molecule has 3 rings (SSSR count). The van der Waals surface area contributed by atoms with Crippen LogP contribution in [0.5, 0.6) is 0 Å². The van der Waals surface area contributed by atoms with Crippen molar-refractivity contribution in [3.05, 3.63) is 83.2 Å². The molecule has 1 saturated heterocycles. The first kappa shape index (κ1) is 20.1. The Morgan fingerprint density at radius 3 is 2.29 bits per heavy atom. The van der Waals surface area contributed by atoms with Gasteiger partial charge in [0.25, 0.3) is 0 Å². The van der Waals surface area contributed by atoms with Crippen LogP contribution in [-0.2, 0) is 21.2 Å². The highest BCUT2D eigenvalue weighted by Gasteiger charge is 2.36. The van der Waals surface area contributed by atoms with Crippen LogP contribution < -0.4 is 0 Å². The Balaban J connectivity index is 1.78. The molecule has 0 bridgehead atoms. The molecule has 28 heavy (non-hydrogen) atoms. The van der Waals surface area contributed by atoms with Crippen LogP contribution in [0.25, 0.3) is 0 Å². The van der Waals surface area contributed by atoms with Crippen LogP contribution in [0.2, 0.25) is 0 Å². The summed E-state index contributed by atoms with van der Waals surface area (Å²) in [6, 6.07) is 18.6. The molecule has 1 heterocycles. The van der Waals surface area contributed by atoms with Crippen LogP contribution >= 0.6 is 0 Å². The predicted octanol–water partition coefficient (Wildman–Crippen LogP) is 4.13. The number of hydrogen-bond donors (Lipinski definition) is 0. The number of rotatable bonds is 6. The molecule has 2 aromatic rings. The number of hydrogen-bond acceptors (Lipinski definition) is 4. The highest BCUT2D eigenvalue weighted by atomic mass is 32.2. The normalized spacial score (nSPS) is 18.8. The second-order valence-electron chi connectivity index (χ2n) is 7.03. The highest BCUT2D eigenvalue weighted by molar-refractivity contribution is 7.88. The zero-order chi connectivity index (χ0) is 20.1. The van der Waals surface area contributed by atoms with Gasteiger partial charge in [0.2, 0.25) is 10.0 Å². The molecule has 1 aliphatic rings. The molecule has 0 saturated carbocycles. The minimum Gasteiger partial charge on any atom is -0.426 e. The number of aryl methyl sites for hydroxylation is 1. The van der Waals surface area contributed by atoms with Gasteiger partial charge in [-0.05, 0) is 50.3 Å². The Bertz CT molecular complexity index is 953. The number of nitrogens with zero attached hydrogens (tertiary/aromatic N) is 1. The van der Waals surface area contributed by atoms with Gasteiger partial charge in [0, 0.05) is 6.04 Å². The molecule has 148 valence electrons. The van der Waals surface area contributed by atoms with E-state index in [0.29, 0.717) is 23.4 Å². The number of allylic oxidation sites excluding steroid dienone is 2. The fourth-order valence-electron chi connectivity index (χ4n) is 3.62. The third-order valence-corrected chi connectivity index (χ3v) is 6.17. The van der Waals surface area contributed by atoms with Gasteiger partial charge >= 0.3 is 5.97 Å². The van der Waals surface area contributed by atoms with E-state index in [4.69, 9.17) is 4.74 Å². The number of carbonyl (C=O) groups is 1. The maximum Gasteiger partial charge on any atom is 0.343 e. The van der Waals surface area contributed by atoms with Gasteiger partial charge in [-0.1, -0.05) is 48.5 Å². The summed E-state index contributed by atoms with van der Waals surface area (Å²) in [4.78, 5) is 12.3. The molecule has 0 radical (unpaired) electrons. The Morgan fingerprint density at radius 1 is 1.07 bits per heavy atom. The summed E-state index contributed by atoms with van der Waals surface area (Å²) < 4.78 is 31.9. The Kier molecular flexibility index (Phi) is 6.19. The van der Waals surface area contributed by atoms with Crippen molar-refractivity contribution in [3.8, 4) is 0 Å². The molecule has 0 amide bonds. The molecule has 1 fully saturated rings. The van der Waals surface area contributed by atoms with Gasteiger partial charge in [-0.15, -0.1) is 0 Å². The number of carbonyl (C=O) groups excluding carboxylic acids is 1. The second kappa shape index (κ2) is 8.61. The largest absolute Gasteiger partial charge is 0.426 e. The zero-order valence-corrected chi connectivity index (χ0v) is 17.0. The highest BCUT2D eigenvalue weighted by Crippen LogP contribution is 2.35. The number of sulfonamides is 1. The molecule has 0 aromatic heterocycles. The quantitative estimate of drug-likeness (QED) is 0.541. The van der Waals surface area contributed by atoms with Crippen molar-refractivity contribution >= 4 is 16.0 Å². The average molecular weight is 400 g/mol. The standard InChI is InChI=1S/C22H25NO4S/c1-17(27-22(24)19-11-7-4-8-12-19)21-16-15-20(23(21)28(2,25)26)14-13-18-9-5-3-6-10-18/h3-12,20H,13-16H2,1-2H3/b21-17-. The van der Waals surface area contributed by atoms with E-state index in [1.807, 2.05) is 36.4 Å².